The standard InChI is InChI=1S/C14H9Cl3O2/c15-14(16,17)8-9-4-3-7-12-13(9)19-11-6-2-1-5-10(11)18-12/h1-7H,8H2. The smallest absolute Gasteiger partial charge is 0.194 e. The fourth-order valence-electron chi connectivity index (χ4n) is 1.96. The van der Waals surface area contributed by atoms with Crippen LogP contribution < -0.4 is 9.47 Å². The SMILES string of the molecule is ClC(Cl)(Cl)Cc1cccc2c1Oc1ccccc1O2. The number of para-hydroxylation sites is 3. The van der Waals surface area contributed by atoms with Gasteiger partial charge < -0.3 is 9.47 Å². The van der Waals surface area contributed by atoms with Gasteiger partial charge in [0.15, 0.2) is 26.8 Å². The number of rotatable bonds is 1. The van der Waals surface area contributed by atoms with Crippen molar-refractivity contribution in [3.8, 4) is 23.0 Å². The Kier molecular flexibility index (Phi) is 3.25. The molecule has 0 atom stereocenters. The summed E-state index contributed by atoms with van der Waals surface area (Å²) >= 11 is 17.5. The van der Waals surface area contributed by atoms with Crippen LogP contribution in [0, 0.1) is 0 Å². The third-order valence-corrected chi connectivity index (χ3v) is 3.13. The number of benzene rings is 2. The number of ether oxygens (including phenoxy) is 2. The molecule has 0 aromatic heterocycles. The Hall–Kier alpha value is -1.09. The summed E-state index contributed by atoms with van der Waals surface area (Å²) in [5.41, 5.74) is 0.798. The summed E-state index contributed by atoms with van der Waals surface area (Å²) in [4.78, 5) is 0. The van der Waals surface area contributed by atoms with E-state index in [1.54, 1.807) is 0 Å². The summed E-state index contributed by atoms with van der Waals surface area (Å²) in [6.45, 7) is 0. The van der Waals surface area contributed by atoms with Crippen LogP contribution in [0.1, 0.15) is 5.56 Å². The fraction of sp³-hybridized carbons (Fsp3) is 0.143. The molecule has 98 valence electrons. The van der Waals surface area contributed by atoms with Crippen LogP contribution in [0.3, 0.4) is 0 Å². The van der Waals surface area contributed by atoms with E-state index >= 15 is 0 Å². The van der Waals surface area contributed by atoms with Crippen LogP contribution in [0.5, 0.6) is 23.0 Å². The third kappa shape index (κ3) is 2.76. The summed E-state index contributed by atoms with van der Waals surface area (Å²) in [7, 11) is 0. The van der Waals surface area contributed by atoms with Crippen molar-refractivity contribution >= 4 is 34.8 Å². The molecular formula is C14H9Cl3O2. The van der Waals surface area contributed by atoms with Gasteiger partial charge in [0.25, 0.3) is 0 Å². The lowest BCUT2D eigenvalue weighted by atomic mass is 10.1. The molecule has 0 bridgehead atoms. The molecule has 1 aliphatic heterocycles. The zero-order chi connectivity index (χ0) is 13.5. The maximum Gasteiger partial charge on any atom is 0.194 e. The summed E-state index contributed by atoms with van der Waals surface area (Å²) < 4.78 is 10.3. The van der Waals surface area contributed by atoms with Crippen molar-refractivity contribution in [1.29, 1.82) is 0 Å². The lowest BCUT2D eigenvalue weighted by molar-refractivity contribution is 0.356. The first-order valence-corrected chi connectivity index (χ1v) is 6.80. The zero-order valence-electron chi connectivity index (χ0n) is 9.70. The molecule has 0 N–H and O–H groups in total. The molecule has 0 radical (unpaired) electrons. The minimum Gasteiger partial charge on any atom is -0.450 e. The maximum absolute atomic E-state index is 5.85. The van der Waals surface area contributed by atoms with Gasteiger partial charge in [0.1, 0.15) is 0 Å². The molecule has 0 saturated heterocycles. The predicted octanol–water partition coefficient (Wildman–Crippen LogP) is 5.50. The minimum absolute atomic E-state index is 0.256. The monoisotopic (exact) mass is 314 g/mol. The molecule has 5 heteroatoms. The Morgan fingerprint density at radius 2 is 1.42 bits per heavy atom. The Morgan fingerprint density at radius 1 is 0.789 bits per heavy atom. The second-order valence-corrected chi connectivity index (χ2v) is 6.70. The highest BCUT2D eigenvalue weighted by Gasteiger charge is 2.26. The van der Waals surface area contributed by atoms with E-state index in [4.69, 9.17) is 44.3 Å². The summed E-state index contributed by atoms with van der Waals surface area (Å²) in [5.74, 6) is 2.57. The average Bonchev–Trinajstić information content (AvgIpc) is 2.35. The van der Waals surface area contributed by atoms with Crippen LogP contribution in [0.4, 0.5) is 0 Å². The highest BCUT2D eigenvalue weighted by molar-refractivity contribution is 6.67. The van der Waals surface area contributed by atoms with Gasteiger partial charge in [0, 0.05) is 12.0 Å². The normalized spacial score (nSPS) is 13.0. The van der Waals surface area contributed by atoms with Gasteiger partial charge in [-0.1, -0.05) is 59.1 Å². The zero-order valence-corrected chi connectivity index (χ0v) is 12.0. The van der Waals surface area contributed by atoms with E-state index in [0.29, 0.717) is 23.0 Å². The molecule has 2 nitrogen and oxygen atoms in total. The third-order valence-electron chi connectivity index (χ3n) is 2.73. The van der Waals surface area contributed by atoms with Gasteiger partial charge in [-0.2, -0.15) is 0 Å². The van der Waals surface area contributed by atoms with Gasteiger partial charge in [0.2, 0.25) is 0 Å². The van der Waals surface area contributed by atoms with Crippen LogP contribution >= 0.6 is 34.8 Å². The van der Waals surface area contributed by atoms with Crippen LogP contribution in [-0.4, -0.2) is 3.79 Å². The van der Waals surface area contributed by atoms with Crippen molar-refractivity contribution < 1.29 is 9.47 Å². The van der Waals surface area contributed by atoms with Gasteiger partial charge in [-0.15, -0.1) is 0 Å². The van der Waals surface area contributed by atoms with Gasteiger partial charge in [-0.3, -0.25) is 0 Å². The van der Waals surface area contributed by atoms with Gasteiger partial charge >= 0.3 is 0 Å². The van der Waals surface area contributed by atoms with Gasteiger partial charge in [-0.05, 0) is 18.2 Å². The Balaban J connectivity index is 2.01. The molecule has 19 heavy (non-hydrogen) atoms. The number of halogens is 3. The topological polar surface area (TPSA) is 18.5 Å². The van der Waals surface area contributed by atoms with E-state index < -0.39 is 3.79 Å². The van der Waals surface area contributed by atoms with E-state index in [0.717, 1.165) is 5.56 Å². The second kappa shape index (κ2) is 4.78. The average molecular weight is 316 g/mol. The molecule has 0 spiro atoms. The molecule has 0 fully saturated rings. The Morgan fingerprint density at radius 3 is 2.11 bits per heavy atom. The molecular weight excluding hydrogens is 307 g/mol. The molecule has 2 aromatic rings. The van der Waals surface area contributed by atoms with Crippen LogP contribution in [0.2, 0.25) is 0 Å². The van der Waals surface area contributed by atoms with Crippen molar-refractivity contribution in [3.05, 3.63) is 48.0 Å². The first-order valence-electron chi connectivity index (χ1n) is 5.66. The molecule has 1 heterocycles. The summed E-state index contributed by atoms with van der Waals surface area (Å²) in [6.07, 6.45) is 0.256. The second-order valence-electron chi connectivity index (χ2n) is 4.19. The van der Waals surface area contributed by atoms with Gasteiger partial charge in [-0.25, -0.2) is 0 Å². The molecule has 1 aliphatic rings. The molecule has 0 aliphatic carbocycles. The van der Waals surface area contributed by atoms with Crippen LogP contribution in [-0.2, 0) is 6.42 Å². The van der Waals surface area contributed by atoms with E-state index in [1.807, 2.05) is 42.5 Å². The lowest BCUT2D eigenvalue weighted by Crippen LogP contribution is -2.09. The molecule has 0 saturated carbocycles. The molecule has 0 amide bonds. The largest absolute Gasteiger partial charge is 0.450 e. The van der Waals surface area contributed by atoms with Gasteiger partial charge in [0.05, 0.1) is 0 Å². The summed E-state index contributed by atoms with van der Waals surface area (Å²) in [6, 6.07) is 13.0. The van der Waals surface area contributed by atoms with E-state index in [9.17, 15) is 0 Å². The minimum atomic E-state index is -1.37. The quantitative estimate of drug-likeness (QED) is 0.552. The Labute approximate surface area is 125 Å². The first kappa shape index (κ1) is 12.9. The summed E-state index contributed by atoms with van der Waals surface area (Å²) in [5, 5.41) is 0. The van der Waals surface area contributed by atoms with Crippen LogP contribution in [0.15, 0.2) is 42.5 Å². The Bertz CT molecular complexity index is 620. The predicted molar refractivity (Wildman–Crippen MR) is 77.0 cm³/mol. The van der Waals surface area contributed by atoms with E-state index in [2.05, 4.69) is 0 Å². The fourth-order valence-corrected chi connectivity index (χ4v) is 2.39. The van der Waals surface area contributed by atoms with Crippen molar-refractivity contribution in [3.63, 3.8) is 0 Å². The first-order chi connectivity index (χ1) is 9.03. The van der Waals surface area contributed by atoms with Crippen molar-refractivity contribution in [2.45, 2.75) is 10.2 Å². The van der Waals surface area contributed by atoms with Crippen LogP contribution in [0.25, 0.3) is 0 Å². The van der Waals surface area contributed by atoms with E-state index in [1.165, 1.54) is 0 Å². The number of hydrogen-bond acceptors (Lipinski definition) is 2. The highest BCUT2D eigenvalue weighted by Crippen LogP contribution is 2.48. The van der Waals surface area contributed by atoms with Crippen molar-refractivity contribution in [2.75, 3.05) is 0 Å². The lowest BCUT2D eigenvalue weighted by Gasteiger charge is -2.23. The van der Waals surface area contributed by atoms with Crippen molar-refractivity contribution in [1.82, 2.24) is 0 Å². The molecule has 0 unspecified atom stereocenters. The number of alkyl halides is 3. The highest BCUT2D eigenvalue weighted by atomic mass is 35.6. The molecule has 3 rings (SSSR count). The number of hydrogen-bond donors (Lipinski definition) is 0. The van der Waals surface area contributed by atoms with Crippen molar-refractivity contribution in [2.24, 2.45) is 0 Å². The maximum atomic E-state index is 5.85. The van der Waals surface area contributed by atoms with E-state index in [-0.39, 0.29) is 6.42 Å². The number of fused-ring (bicyclic) bond motifs is 2. The molecule has 2 aromatic carbocycles.